The molecule has 8 heteroatoms. The minimum absolute atomic E-state index is 0.112. The molecule has 2 heterocycles. The summed E-state index contributed by atoms with van der Waals surface area (Å²) >= 11 is 6.78. The summed E-state index contributed by atoms with van der Waals surface area (Å²) in [5, 5.41) is 7.97. The number of carbonyl (C=O) groups excluding carboxylic acids is 2. The first-order valence-corrected chi connectivity index (χ1v) is 11.7. The van der Waals surface area contributed by atoms with Crippen molar-refractivity contribution in [2.45, 2.75) is 6.92 Å². The molecule has 4 rings (SSSR count). The Kier molecular flexibility index (Phi) is 6.82. The average molecular weight is 465 g/mol. The van der Waals surface area contributed by atoms with Crippen molar-refractivity contribution < 1.29 is 9.59 Å². The van der Waals surface area contributed by atoms with E-state index < -0.39 is 0 Å². The standard InChI is InChI=1S/C24H24N4O2S2/c1-17-5-2-3-6-20(17)22(29)26-24(31)25-18-8-10-19(11-9-18)27-12-14-28(15-13-27)23(30)21-7-4-16-32-21/h2-11,16H,12-15H2,1H3,(H2,25,26,29,31). The molecule has 0 atom stereocenters. The lowest BCUT2D eigenvalue weighted by atomic mass is 10.1. The molecule has 32 heavy (non-hydrogen) atoms. The van der Waals surface area contributed by atoms with E-state index in [9.17, 15) is 9.59 Å². The molecule has 164 valence electrons. The first-order valence-electron chi connectivity index (χ1n) is 10.4. The van der Waals surface area contributed by atoms with Crippen LogP contribution in [0.3, 0.4) is 0 Å². The van der Waals surface area contributed by atoms with E-state index in [2.05, 4.69) is 15.5 Å². The zero-order valence-electron chi connectivity index (χ0n) is 17.7. The van der Waals surface area contributed by atoms with Gasteiger partial charge in [-0.25, -0.2) is 0 Å². The molecule has 2 aromatic carbocycles. The van der Waals surface area contributed by atoms with Gasteiger partial charge in [-0.05, 0) is 66.5 Å². The summed E-state index contributed by atoms with van der Waals surface area (Å²) in [5.74, 6) is -0.118. The smallest absolute Gasteiger partial charge is 0.264 e. The second kappa shape index (κ2) is 9.93. The maximum absolute atomic E-state index is 12.5. The second-order valence-corrected chi connectivity index (χ2v) is 8.88. The number of amides is 2. The van der Waals surface area contributed by atoms with Crippen LogP contribution in [0, 0.1) is 6.92 Å². The van der Waals surface area contributed by atoms with Gasteiger partial charge in [-0.2, -0.15) is 0 Å². The third-order valence-electron chi connectivity index (χ3n) is 5.41. The van der Waals surface area contributed by atoms with Crippen molar-refractivity contribution in [3.8, 4) is 0 Å². The van der Waals surface area contributed by atoms with Gasteiger partial charge in [0.2, 0.25) is 0 Å². The number of hydrogen-bond donors (Lipinski definition) is 2. The lowest BCUT2D eigenvalue weighted by molar-refractivity contribution is 0.0751. The van der Waals surface area contributed by atoms with E-state index in [1.165, 1.54) is 11.3 Å². The van der Waals surface area contributed by atoms with Crippen LogP contribution in [0.4, 0.5) is 11.4 Å². The number of thiophene rings is 1. The van der Waals surface area contributed by atoms with Crippen molar-refractivity contribution in [3.05, 3.63) is 82.0 Å². The minimum atomic E-state index is -0.229. The van der Waals surface area contributed by atoms with Gasteiger partial charge in [-0.1, -0.05) is 24.3 Å². The van der Waals surface area contributed by atoms with Crippen LogP contribution < -0.4 is 15.5 Å². The van der Waals surface area contributed by atoms with Crippen molar-refractivity contribution >= 4 is 51.9 Å². The summed E-state index contributed by atoms with van der Waals surface area (Å²) in [7, 11) is 0. The van der Waals surface area contributed by atoms with E-state index in [4.69, 9.17) is 12.2 Å². The predicted octanol–water partition coefficient (Wildman–Crippen LogP) is 4.15. The molecule has 3 aromatic rings. The molecule has 0 saturated carbocycles. The van der Waals surface area contributed by atoms with E-state index in [1.807, 2.05) is 71.8 Å². The van der Waals surface area contributed by atoms with Crippen LogP contribution in [0.2, 0.25) is 0 Å². The van der Waals surface area contributed by atoms with Gasteiger partial charge >= 0.3 is 0 Å². The lowest BCUT2D eigenvalue weighted by Gasteiger charge is -2.36. The van der Waals surface area contributed by atoms with Crippen LogP contribution in [0.1, 0.15) is 25.6 Å². The van der Waals surface area contributed by atoms with Crippen molar-refractivity contribution in [1.29, 1.82) is 0 Å². The van der Waals surface area contributed by atoms with Gasteiger partial charge in [0.05, 0.1) is 4.88 Å². The summed E-state index contributed by atoms with van der Waals surface area (Å²) in [5.41, 5.74) is 3.39. The van der Waals surface area contributed by atoms with E-state index in [0.717, 1.165) is 34.9 Å². The summed E-state index contributed by atoms with van der Waals surface area (Å²) in [4.78, 5) is 29.9. The Hall–Kier alpha value is -3.23. The van der Waals surface area contributed by atoms with Crippen LogP contribution in [0.15, 0.2) is 66.0 Å². The van der Waals surface area contributed by atoms with E-state index in [-0.39, 0.29) is 16.9 Å². The molecular formula is C24H24N4O2S2. The first-order chi connectivity index (χ1) is 15.5. The number of hydrogen-bond acceptors (Lipinski definition) is 5. The quantitative estimate of drug-likeness (QED) is 0.568. The van der Waals surface area contributed by atoms with Crippen molar-refractivity contribution in [1.82, 2.24) is 10.2 Å². The first kappa shape index (κ1) is 22.0. The van der Waals surface area contributed by atoms with Gasteiger partial charge < -0.3 is 15.1 Å². The highest BCUT2D eigenvalue weighted by Crippen LogP contribution is 2.21. The Morgan fingerprint density at radius 1 is 0.938 bits per heavy atom. The van der Waals surface area contributed by atoms with Crippen molar-refractivity contribution in [3.63, 3.8) is 0 Å². The summed E-state index contributed by atoms with van der Waals surface area (Å²) in [6.45, 7) is 4.86. The van der Waals surface area contributed by atoms with Crippen LogP contribution in [-0.4, -0.2) is 48.0 Å². The van der Waals surface area contributed by atoms with Gasteiger partial charge in [0, 0.05) is 43.1 Å². The van der Waals surface area contributed by atoms with Crippen LogP contribution >= 0.6 is 23.6 Å². The average Bonchev–Trinajstić information content (AvgIpc) is 3.34. The van der Waals surface area contributed by atoms with E-state index in [1.54, 1.807) is 6.07 Å². The molecule has 0 bridgehead atoms. The van der Waals surface area contributed by atoms with Gasteiger partial charge in [0.15, 0.2) is 5.11 Å². The second-order valence-electron chi connectivity index (χ2n) is 7.53. The number of nitrogens with zero attached hydrogens (tertiary/aromatic N) is 2. The Balaban J connectivity index is 1.29. The molecule has 1 saturated heterocycles. The highest BCUT2D eigenvalue weighted by atomic mass is 32.1. The fourth-order valence-electron chi connectivity index (χ4n) is 3.64. The van der Waals surface area contributed by atoms with Crippen molar-refractivity contribution in [2.75, 3.05) is 36.4 Å². The van der Waals surface area contributed by atoms with Crippen LogP contribution in [-0.2, 0) is 0 Å². The summed E-state index contributed by atoms with van der Waals surface area (Å²) in [6, 6.07) is 19.1. The fourth-order valence-corrected chi connectivity index (χ4v) is 4.54. The largest absolute Gasteiger partial charge is 0.368 e. The van der Waals surface area contributed by atoms with E-state index >= 15 is 0 Å². The molecular weight excluding hydrogens is 440 g/mol. The topological polar surface area (TPSA) is 64.7 Å². The Bertz CT molecular complexity index is 1110. The third kappa shape index (κ3) is 5.15. The molecule has 0 radical (unpaired) electrons. The highest BCUT2D eigenvalue weighted by molar-refractivity contribution is 7.80. The molecule has 0 spiro atoms. The molecule has 1 aliphatic heterocycles. The normalized spacial score (nSPS) is 13.5. The molecule has 1 aromatic heterocycles. The molecule has 6 nitrogen and oxygen atoms in total. The monoisotopic (exact) mass is 464 g/mol. The molecule has 1 aliphatic rings. The Morgan fingerprint density at radius 3 is 2.31 bits per heavy atom. The number of piperazine rings is 1. The fraction of sp³-hybridized carbons (Fsp3) is 0.208. The minimum Gasteiger partial charge on any atom is -0.368 e. The van der Waals surface area contributed by atoms with Gasteiger partial charge in [0.25, 0.3) is 11.8 Å². The zero-order valence-corrected chi connectivity index (χ0v) is 19.3. The van der Waals surface area contributed by atoms with E-state index in [0.29, 0.717) is 18.7 Å². The Morgan fingerprint density at radius 2 is 1.66 bits per heavy atom. The summed E-state index contributed by atoms with van der Waals surface area (Å²) < 4.78 is 0. The van der Waals surface area contributed by atoms with Gasteiger partial charge in [-0.3, -0.25) is 14.9 Å². The number of rotatable bonds is 4. The highest BCUT2D eigenvalue weighted by Gasteiger charge is 2.22. The molecule has 0 unspecified atom stereocenters. The molecule has 2 amide bonds. The number of benzene rings is 2. The Labute approximate surface area is 196 Å². The van der Waals surface area contributed by atoms with Crippen LogP contribution in [0.25, 0.3) is 0 Å². The van der Waals surface area contributed by atoms with Crippen molar-refractivity contribution in [2.24, 2.45) is 0 Å². The zero-order chi connectivity index (χ0) is 22.5. The number of thiocarbonyl (C=S) groups is 1. The summed E-state index contributed by atoms with van der Waals surface area (Å²) in [6.07, 6.45) is 0. The number of carbonyl (C=O) groups is 2. The molecule has 0 aliphatic carbocycles. The number of anilines is 2. The van der Waals surface area contributed by atoms with Gasteiger partial charge in [0.1, 0.15) is 0 Å². The number of aryl methyl sites for hydroxylation is 1. The SMILES string of the molecule is Cc1ccccc1C(=O)NC(=S)Nc1ccc(N2CCN(C(=O)c3cccs3)CC2)cc1. The number of nitrogens with one attached hydrogen (secondary N) is 2. The maximum atomic E-state index is 12.5. The predicted molar refractivity (Wildman–Crippen MR) is 134 cm³/mol. The maximum Gasteiger partial charge on any atom is 0.264 e. The van der Waals surface area contributed by atoms with Gasteiger partial charge in [-0.15, -0.1) is 11.3 Å². The van der Waals surface area contributed by atoms with Crippen LogP contribution in [0.5, 0.6) is 0 Å². The molecule has 1 fully saturated rings. The molecule has 2 N–H and O–H groups in total. The lowest BCUT2D eigenvalue weighted by Crippen LogP contribution is -2.48. The third-order valence-corrected chi connectivity index (χ3v) is 6.47.